The smallest absolute Gasteiger partial charge is 0.118 e. The normalized spacial score (nSPS) is 26.0. The molecule has 0 saturated heterocycles. The zero-order chi connectivity index (χ0) is 15.2. The number of benzene rings is 1. The fraction of sp³-hybridized carbons (Fsp3) is 0.684. The highest BCUT2D eigenvalue weighted by atomic mass is 16.5. The number of hydrogen-bond acceptors (Lipinski definition) is 2. The molecule has 21 heavy (non-hydrogen) atoms. The van der Waals surface area contributed by atoms with Crippen LogP contribution in [0.1, 0.15) is 45.1 Å². The Morgan fingerprint density at radius 2 is 1.86 bits per heavy atom. The third-order valence-electron chi connectivity index (χ3n) is 5.39. The summed E-state index contributed by atoms with van der Waals surface area (Å²) in [7, 11) is 1.72. The largest absolute Gasteiger partial charge is 0.497 e. The molecule has 2 rings (SSSR count). The van der Waals surface area contributed by atoms with Crippen molar-refractivity contribution in [1.29, 1.82) is 0 Å². The van der Waals surface area contributed by atoms with Crippen LogP contribution in [0.5, 0.6) is 5.75 Å². The molecule has 0 heterocycles. The van der Waals surface area contributed by atoms with Crippen molar-refractivity contribution in [1.82, 2.24) is 0 Å². The zero-order valence-electron chi connectivity index (χ0n) is 13.8. The Morgan fingerprint density at radius 3 is 2.43 bits per heavy atom. The van der Waals surface area contributed by atoms with Crippen molar-refractivity contribution in [2.24, 2.45) is 29.4 Å². The summed E-state index contributed by atoms with van der Waals surface area (Å²) in [5, 5.41) is 0. The maximum absolute atomic E-state index is 6.01. The first-order valence-corrected chi connectivity index (χ1v) is 8.47. The lowest BCUT2D eigenvalue weighted by atomic mass is 9.69. The van der Waals surface area contributed by atoms with E-state index < -0.39 is 0 Å². The van der Waals surface area contributed by atoms with Crippen molar-refractivity contribution in [3.8, 4) is 5.75 Å². The molecule has 0 radical (unpaired) electrons. The van der Waals surface area contributed by atoms with Crippen molar-refractivity contribution in [2.75, 3.05) is 13.7 Å². The summed E-state index contributed by atoms with van der Waals surface area (Å²) in [4.78, 5) is 0. The summed E-state index contributed by atoms with van der Waals surface area (Å²) in [6.07, 6.45) is 6.51. The van der Waals surface area contributed by atoms with Crippen LogP contribution in [0.2, 0.25) is 0 Å². The second-order valence-corrected chi connectivity index (χ2v) is 6.96. The highest BCUT2D eigenvalue weighted by Crippen LogP contribution is 2.39. The third-order valence-corrected chi connectivity index (χ3v) is 5.39. The van der Waals surface area contributed by atoms with Gasteiger partial charge < -0.3 is 10.5 Å². The Morgan fingerprint density at radius 1 is 1.14 bits per heavy atom. The van der Waals surface area contributed by atoms with Gasteiger partial charge in [0.1, 0.15) is 5.75 Å². The minimum atomic E-state index is 0.734. The molecule has 0 aliphatic heterocycles. The van der Waals surface area contributed by atoms with Crippen LogP contribution in [0.15, 0.2) is 24.3 Å². The summed E-state index contributed by atoms with van der Waals surface area (Å²) in [6, 6.07) is 8.51. The van der Waals surface area contributed by atoms with Gasteiger partial charge in [0.2, 0.25) is 0 Å². The van der Waals surface area contributed by atoms with Gasteiger partial charge >= 0.3 is 0 Å². The van der Waals surface area contributed by atoms with Gasteiger partial charge in [0.05, 0.1) is 7.11 Å². The van der Waals surface area contributed by atoms with Gasteiger partial charge in [0, 0.05) is 0 Å². The van der Waals surface area contributed by atoms with Crippen LogP contribution >= 0.6 is 0 Å². The SMILES string of the molecule is COc1ccc(CCC2CC(C(C)C)CCC2CN)cc1. The predicted octanol–water partition coefficient (Wildman–Crippen LogP) is 4.28. The Kier molecular flexibility index (Phi) is 6.10. The average Bonchev–Trinajstić information content (AvgIpc) is 2.53. The minimum absolute atomic E-state index is 0.734. The molecule has 0 amide bonds. The second-order valence-electron chi connectivity index (χ2n) is 6.96. The van der Waals surface area contributed by atoms with E-state index in [9.17, 15) is 0 Å². The summed E-state index contributed by atoms with van der Waals surface area (Å²) < 4.78 is 5.22. The molecular weight excluding hydrogens is 258 g/mol. The summed E-state index contributed by atoms with van der Waals surface area (Å²) >= 11 is 0. The van der Waals surface area contributed by atoms with Gasteiger partial charge in [-0.3, -0.25) is 0 Å². The molecule has 2 heteroatoms. The third kappa shape index (κ3) is 4.47. The maximum Gasteiger partial charge on any atom is 0.118 e. The highest BCUT2D eigenvalue weighted by molar-refractivity contribution is 5.27. The Balaban J connectivity index is 1.91. The number of rotatable bonds is 6. The zero-order valence-corrected chi connectivity index (χ0v) is 13.8. The molecule has 1 aliphatic rings. The average molecular weight is 289 g/mol. The van der Waals surface area contributed by atoms with E-state index in [1.165, 1.54) is 31.2 Å². The lowest BCUT2D eigenvalue weighted by molar-refractivity contribution is 0.144. The molecule has 2 N–H and O–H groups in total. The molecule has 3 atom stereocenters. The first-order chi connectivity index (χ1) is 10.1. The lowest BCUT2D eigenvalue weighted by Gasteiger charge is -2.37. The Hall–Kier alpha value is -1.02. The lowest BCUT2D eigenvalue weighted by Crippen LogP contribution is -2.32. The van der Waals surface area contributed by atoms with Crippen molar-refractivity contribution in [3.05, 3.63) is 29.8 Å². The molecular formula is C19H31NO. The first kappa shape index (κ1) is 16.4. The van der Waals surface area contributed by atoms with Gasteiger partial charge in [-0.25, -0.2) is 0 Å². The standard InChI is InChI=1S/C19H31NO/c1-14(2)16-8-9-18(13-20)17(12-16)7-4-15-5-10-19(21-3)11-6-15/h5-6,10-11,14,16-18H,4,7-9,12-13,20H2,1-3H3. The van der Waals surface area contributed by atoms with E-state index in [1.54, 1.807) is 7.11 Å². The van der Waals surface area contributed by atoms with Crippen LogP contribution in [0.4, 0.5) is 0 Å². The Bertz CT molecular complexity index is 412. The van der Waals surface area contributed by atoms with E-state index in [-0.39, 0.29) is 0 Å². The molecule has 0 bridgehead atoms. The molecule has 0 aromatic heterocycles. The van der Waals surface area contributed by atoms with Crippen LogP contribution in [-0.4, -0.2) is 13.7 Å². The molecule has 118 valence electrons. The highest BCUT2D eigenvalue weighted by Gasteiger charge is 2.30. The summed E-state index contributed by atoms with van der Waals surface area (Å²) in [5.41, 5.74) is 7.42. The number of methoxy groups -OCH3 is 1. The van der Waals surface area contributed by atoms with E-state index in [4.69, 9.17) is 10.5 Å². The second kappa shape index (κ2) is 7.84. The topological polar surface area (TPSA) is 35.2 Å². The van der Waals surface area contributed by atoms with Gasteiger partial charge in [0.25, 0.3) is 0 Å². The number of hydrogen-bond donors (Lipinski definition) is 1. The Labute approximate surface area is 130 Å². The number of nitrogens with two attached hydrogens (primary N) is 1. The first-order valence-electron chi connectivity index (χ1n) is 8.47. The van der Waals surface area contributed by atoms with Crippen molar-refractivity contribution in [2.45, 2.75) is 46.0 Å². The molecule has 1 aliphatic carbocycles. The van der Waals surface area contributed by atoms with E-state index >= 15 is 0 Å². The number of aryl methyl sites for hydroxylation is 1. The van der Waals surface area contributed by atoms with E-state index in [0.717, 1.165) is 42.4 Å². The van der Waals surface area contributed by atoms with Crippen LogP contribution in [0.3, 0.4) is 0 Å². The fourth-order valence-corrected chi connectivity index (χ4v) is 3.78. The van der Waals surface area contributed by atoms with Crippen LogP contribution in [0, 0.1) is 23.7 Å². The molecule has 1 saturated carbocycles. The molecule has 2 nitrogen and oxygen atoms in total. The molecule has 1 fully saturated rings. The number of ether oxygens (including phenoxy) is 1. The van der Waals surface area contributed by atoms with E-state index in [2.05, 4.69) is 38.1 Å². The van der Waals surface area contributed by atoms with Gasteiger partial charge in [-0.15, -0.1) is 0 Å². The van der Waals surface area contributed by atoms with Crippen molar-refractivity contribution in [3.63, 3.8) is 0 Å². The summed E-state index contributed by atoms with van der Waals surface area (Å²) in [6.45, 7) is 5.60. The van der Waals surface area contributed by atoms with Gasteiger partial charge in [-0.1, -0.05) is 26.0 Å². The quantitative estimate of drug-likeness (QED) is 0.848. The maximum atomic E-state index is 6.01. The van der Waals surface area contributed by atoms with E-state index in [1.807, 2.05) is 0 Å². The molecule has 0 spiro atoms. The molecule has 1 aromatic rings. The molecule has 1 aromatic carbocycles. The fourth-order valence-electron chi connectivity index (χ4n) is 3.78. The minimum Gasteiger partial charge on any atom is -0.497 e. The summed E-state index contributed by atoms with van der Waals surface area (Å²) in [5.74, 6) is 4.19. The van der Waals surface area contributed by atoms with Crippen molar-refractivity contribution >= 4 is 0 Å². The van der Waals surface area contributed by atoms with E-state index in [0.29, 0.717) is 0 Å². The van der Waals surface area contributed by atoms with Crippen LogP contribution in [0.25, 0.3) is 0 Å². The van der Waals surface area contributed by atoms with Crippen LogP contribution in [-0.2, 0) is 6.42 Å². The van der Waals surface area contributed by atoms with Gasteiger partial charge in [0.15, 0.2) is 0 Å². The predicted molar refractivity (Wildman–Crippen MR) is 89.5 cm³/mol. The van der Waals surface area contributed by atoms with Crippen LogP contribution < -0.4 is 10.5 Å². The van der Waals surface area contributed by atoms with Gasteiger partial charge in [-0.2, -0.15) is 0 Å². The van der Waals surface area contributed by atoms with Crippen molar-refractivity contribution < 1.29 is 4.74 Å². The monoisotopic (exact) mass is 289 g/mol. The molecule has 3 unspecified atom stereocenters. The van der Waals surface area contributed by atoms with Gasteiger partial charge in [-0.05, 0) is 80.0 Å².